The molecular weight excluding hydrogens is 349 g/mol. The van der Waals surface area contributed by atoms with E-state index in [1.165, 1.54) is 36.5 Å². The fourth-order valence-corrected chi connectivity index (χ4v) is 4.08. The van der Waals surface area contributed by atoms with Gasteiger partial charge < -0.3 is 4.74 Å². The van der Waals surface area contributed by atoms with Crippen LogP contribution in [0.5, 0.6) is 5.75 Å². The van der Waals surface area contributed by atoms with E-state index >= 15 is 0 Å². The van der Waals surface area contributed by atoms with Gasteiger partial charge in [-0.2, -0.15) is 0 Å². The van der Waals surface area contributed by atoms with Gasteiger partial charge in [-0.3, -0.25) is 4.90 Å². The molecule has 0 aliphatic carbocycles. The van der Waals surface area contributed by atoms with Crippen molar-refractivity contribution in [1.29, 1.82) is 0 Å². The van der Waals surface area contributed by atoms with Crippen LogP contribution in [-0.4, -0.2) is 24.1 Å². The van der Waals surface area contributed by atoms with E-state index in [0.29, 0.717) is 23.4 Å². The maximum Gasteiger partial charge on any atom is 0.131 e. The summed E-state index contributed by atoms with van der Waals surface area (Å²) in [5.41, 5.74) is 4.10. The number of hydrogen-bond acceptors (Lipinski definition) is 2. The van der Waals surface area contributed by atoms with Gasteiger partial charge in [-0.1, -0.05) is 45.4 Å². The summed E-state index contributed by atoms with van der Waals surface area (Å²) in [6, 6.07) is 12.5. The molecule has 2 nitrogen and oxygen atoms in total. The molecule has 0 amide bonds. The molecule has 0 saturated carbocycles. The molecule has 1 heterocycles. The molecule has 28 heavy (non-hydrogen) atoms. The van der Waals surface area contributed by atoms with Crippen molar-refractivity contribution in [3.05, 3.63) is 53.3 Å². The zero-order valence-corrected chi connectivity index (χ0v) is 18.4. The van der Waals surface area contributed by atoms with Gasteiger partial charge in [0.15, 0.2) is 0 Å². The average Bonchev–Trinajstić information content (AvgIpc) is 2.73. The van der Waals surface area contributed by atoms with Gasteiger partial charge in [0.1, 0.15) is 11.6 Å². The zero-order valence-electron chi connectivity index (χ0n) is 18.4. The zero-order chi connectivity index (χ0) is 20.7. The third-order valence-corrected chi connectivity index (χ3v) is 5.77. The molecule has 1 saturated heterocycles. The molecule has 0 aromatic heterocycles. The minimum Gasteiger partial charge on any atom is -0.497 e. The summed E-state index contributed by atoms with van der Waals surface area (Å²) in [6.07, 6.45) is 4.76. The number of likely N-dealkylation sites (tertiary alicyclic amines) is 1. The molecule has 1 aliphatic heterocycles. The number of rotatable bonds is 5. The van der Waals surface area contributed by atoms with Crippen LogP contribution in [0.4, 0.5) is 4.39 Å². The van der Waals surface area contributed by atoms with E-state index in [0.717, 1.165) is 18.5 Å². The number of halogens is 1. The molecule has 154 valence electrons. The summed E-state index contributed by atoms with van der Waals surface area (Å²) in [7, 11) is 1.62. The number of nitrogens with zero attached hydrogens (tertiary/aromatic N) is 1. The van der Waals surface area contributed by atoms with E-state index in [1.807, 2.05) is 19.9 Å². The Bertz CT molecular complexity index is 748. The monoisotopic (exact) mass is 385 g/mol. The molecule has 3 heteroatoms. The molecule has 1 fully saturated rings. The summed E-state index contributed by atoms with van der Waals surface area (Å²) in [5.74, 6) is 0.489. The Morgan fingerprint density at radius 1 is 1.00 bits per heavy atom. The van der Waals surface area contributed by atoms with Crippen LogP contribution in [0, 0.1) is 5.82 Å². The van der Waals surface area contributed by atoms with Crippen molar-refractivity contribution in [2.24, 2.45) is 0 Å². The Morgan fingerprint density at radius 2 is 1.68 bits per heavy atom. The molecule has 3 rings (SSSR count). The predicted octanol–water partition coefficient (Wildman–Crippen LogP) is 6.85. The second kappa shape index (κ2) is 10.6. The second-order valence-electron chi connectivity index (χ2n) is 7.49. The van der Waals surface area contributed by atoms with Crippen molar-refractivity contribution < 1.29 is 9.13 Å². The summed E-state index contributed by atoms with van der Waals surface area (Å²) >= 11 is 0. The summed E-state index contributed by atoms with van der Waals surface area (Å²) in [4.78, 5) is 2.57. The molecule has 2 atom stereocenters. The summed E-state index contributed by atoms with van der Waals surface area (Å²) in [5, 5.41) is 0. The number of aryl methyl sites for hydroxylation is 1. The van der Waals surface area contributed by atoms with E-state index in [9.17, 15) is 4.39 Å². The van der Waals surface area contributed by atoms with Crippen molar-refractivity contribution in [3.8, 4) is 16.9 Å². The van der Waals surface area contributed by atoms with E-state index in [1.54, 1.807) is 13.2 Å². The molecule has 2 aromatic carbocycles. The lowest BCUT2D eigenvalue weighted by atomic mass is 9.92. The molecule has 0 radical (unpaired) electrons. The minimum absolute atomic E-state index is 0.198. The number of methoxy groups -OCH3 is 1. The van der Waals surface area contributed by atoms with Gasteiger partial charge in [0.05, 0.1) is 7.11 Å². The minimum atomic E-state index is -0.198. The Kier molecular flexibility index (Phi) is 8.50. The van der Waals surface area contributed by atoms with Crippen LogP contribution in [0.25, 0.3) is 11.1 Å². The standard InChI is InChI=1S/C23H30FNO.C2H6/c1-5-18-9-11-21(22-14-20(26-4)10-12-23(22)24)19(13-18)15-25-16(2)7-6-8-17(25)3;1-2/h9-14,16-17H,5-8,15H2,1-4H3;1-2H3/t16-,17-;/m1./s1. The summed E-state index contributed by atoms with van der Waals surface area (Å²) in [6.45, 7) is 11.6. The normalized spacial score (nSPS) is 19.7. The van der Waals surface area contributed by atoms with Crippen LogP contribution >= 0.6 is 0 Å². The Hall–Kier alpha value is -1.87. The van der Waals surface area contributed by atoms with Gasteiger partial charge in [0.25, 0.3) is 0 Å². The van der Waals surface area contributed by atoms with Crippen molar-refractivity contribution in [2.45, 2.75) is 78.9 Å². The van der Waals surface area contributed by atoms with Crippen molar-refractivity contribution in [2.75, 3.05) is 7.11 Å². The molecular formula is C25H36FNO. The van der Waals surface area contributed by atoms with Gasteiger partial charge in [-0.05, 0) is 68.0 Å². The van der Waals surface area contributed by atoms with E-state index in [2.05, 4.69) is 43.9 Å². The van der Waals surface area contributed by atoms with Crippen LogP contribution in [0.3, 0.4) is 0 Å². The first-order chi connectivity index (χ1) is 13.5. The molecule has 0 N–H and O–H groups in total. The van der Waals surface area contributed by atoms with Crippen LogP contribution in [0.1, 0.15) is 65.0 Å². The van der Waals surface area contributed by atoms with E-state index in [4.69, 9.17) is 4.74 Å². The topological polar surface area (TPSA) is 12.5 Å². The van der Waals surface area contributed by atoms with E-state index in [-0.39, 0.29) is 5.82 Å². The molecule has 0 spiro atoms. The van der Waals surface area contributed by atoms with Crippen LogP contribution < -0.4 is 4.74 Å². The highest BCUT2D eigenvalue weighted by Gasteiger charge is 2.25. The number of piperidine rings is 1. The van der Waals surface area contributed by atoms with Gasteiger partial charge in [0, 0.05) is 24.2 Å². The lowest BCUT2D eigenvalue weighted by molar-refractivity contribution is 0.0954. The number of hydrogen-bond donors (Lipinski definition) is 0. The molecule has 2 aromatic rings. The molecule has 1 aliphatic rings. The highest BCUT2D eigenvalue weighted by Crippen LogP contribution is 2.33. The fourth-order valence-electron chi connectivity index (χ4n) is 4.08. The van der Waals surface area contributed by atoms with Gasteiger partial charge in [-0.25, -0.2) is 4.39 Å². The highest BCUT2D eigenvalue weighted by molar-refractivity contribution is 5.70. The number of benzene rings is 2. The first-order valence-electron chi connectivity index (χ1n) is 10.7. The lowest BCUT2D eigenvalue weighted by Crippen LogP contribution is -2.43. The maximum absolute atomic E-state index is 14.6. The average molecular weight is 386 g/mol. The Morgan fingerprint density at radius 3 is 2.29 bits per heavy atom. The van der Waals surface area contributed by atoms with Gasteiger partial charge >= 0.3 is 0 Å². The van der Waals surface area contributed by atoms with E-state index < -0.39 is 0 Å². The lowest BCUT2D eigenvalue weighted by Gasteiger charge is -2.39. The van der Waals surface area contributed by atoms with Crippen LogP contribution in [0.15, 0.2) is 36.4 Å². The second-order valence-corrected chi connectivity index (χ2v) is 7.49. The first kappa shape index (κ1) is 22.4. The first-order valence-corrected chi connectivity index (χ1v) is 10.7. The maximum atomic E-state index is 14.6. The third-order valence-electron chi connectivity index (χ3n) is 5.77. The Labute approximate surface area is 170 Å². The van der Waals surface area contributed by atoms with Crippen LogP contribution in [0.2, 0.25) is 0 Å². The highest BCUT2D eigenvalue weighted by atomic mass is 19.1. The molecule has 0 bridgehead atoms. The van der Waals surface area contributed by atoms with Gasteiger partial charge in [-0.15, -0.1) is 0 Å². The SMILES string of the molecule is CC.CCc1ccc(-c2cc(OC)ccc2F)c(CN2[C@H](C)CCC[C@H]2C)c1. The predicted molar refractivity (Wildman–Crippen MR) is 117 cm³/mol. The van der Waals surface area contributed by atoms with Gasteiger partial charge in [0.2, 0.25) is 0 Å². The van der Waals surface area contributed by atoms with Crippen molar-refractivity contribution in [3.63, 3.8) is 0 Å². The van der Waals surface area contributed by atoms with Crippen LogP contribution in [-0.2, 0) is 13.0 Å². The quantitative estimate of drug-likeness (QED) is 0.558. The third kappa shape index (κ3) is 5.14. The number of ether oxygens (including phenoxy) is 1. The largest absolute Gasteiger partial charge is 0.497 e. The smallest absolute Gasteiger partial charge is 0.131 e. The summed E-state index contributed by atoms with van der Waals surface area (Å²) < 4.78 is 19.9. The fraction of sp³-hybridized carbons (Fsp3) is 0.520. The Balaban J connectivity index is 0.00000136. The van der Waals surface area contributed by atoms with Crippen molar-refractivity contribution >= 4 is 0 Å². The van der Waals surface area contributed by atoms with Crippen molar-refractivity contribution in [1.82, 2.24) is 4.90 Å². The molecule has 0 unspecified atom stereocenters.